The monoisotopic (exact) mass is 261 g/mol. The normalized spacial score (nSPS) is 10.6. The molecule has 5 heteroatoms. The predicted octanol–water partition coefficient (Wildman–Crippen LogP) is 2.62. The molecular weight excluding hydrogens is 242 g/mol. The minimum Gasteiger partial charge on any atom is -0.502 e. The van der Waals surface area contributed by atoms with Crippen molar-refractivity contribution in [3.05, 3.63) is 42.5 Å². The summed E-state index contributed by atoms with van der Waals surface area (Å²) in [6, 6.07) is 3.89. The summed E-state index contributed by atoms with van der Waals surface area (Å²) in [6.07, 6.45) is 4.23. The third kappa shape index (κ3) is 3.72. The van der Waals surface area contributed by atoms with Crippen LogP contribution in [0.2, 0.25) is 0 Å². The number of nitrogens with one attached hydrogen (secondary N) is 2. The minimum atomic E-state index is 0.687. The highest BCUT2D eigenvalue weighted by molar-refractivity contribution is 5.56. The Bertz CT molecular complexity index is 516. The van der Waals surface area contributed by atoms with Crippen LogP contribution in [0.25, 0.3) is 11.5 Å². The molecule has 0 aliphatic rings. The van der Waals surface area contributed by atoms with Gasteiger partial charge in [-0.1, -0.05) is 6.58 Å². The van der Waals surface area contributed by atoms with Gasteiger partial charge < -0.3 is 14.5 Å². The zero-order valence-corrected chi connectivity index (χ0v) is 11.1. The van der Waals surface area contributed by atoms with Crippen molar-refractivity contribution in [2.75, 3.05) is 13.2 Å². The lowest BCUT2D eigenvalue weighted by molar-refractivity contribution is 0.244. The summed E-state index contributed by atoms with van der Waals surface area (Å²) < 4.78 is 10.7. The first-order valence-corrected chi connectivity index (χ1v) is 6.33. The van der Waals surface area contributed by atoms with Crippen LogP contribution in [-0.4, -0.2) is 23.3 Å². The Balaban J connectivity index is 1.84. The lowest BCUT2D eigenvalue weighted by Crippen LogP contribution is -2.16. The number of H-pyrrole nitrogens is 1. The van der Waals surface area contributed by atoms with E-state index in [2.05, 4.69) is 22.1 Å². The second kappa shape index (κ2) is 6.80. The summed E-state index contributed by atoms with van der Waals surface area (Å²) in [5.74, 6) is 1.71. The number of furan rings is 1. The van der Waals surface area contributed by atoms with Gasteiger partial charge >= 0.3 is 0 Å². The van der Waals surface area contributed by atoms with Crippen molar-refractivity contribution in [1.82, 2.24) is 15.5 Å². The van der Waals surface area contributed by atoms with Gasteiger partial charge in [-0.3, -0.25) is 5.10 Å². The number of hydrogen-bond acceptors (Lipinski definition) is 4. The lowest BCUT2D eigenvalue weighted by Gasteiger charge is -2.04. The number of ether oxygens (including phenoxy) is 1. The van der Waals surface area contributed by atoms with E-state index >= 15 is 0 Å². The Kier molecular flexibility index (Phi) is 4.80. The van der Waals surface area contributed by atoms with Gasteiger partial charge in [0.2, 0.25) is 0 Å². The first kappa shape index (κ1) is 13.4. The summed E-state index contributed by atoms with van der Waals surface area (Å²) in [6.45, 7) is 7.75. The molecule has 0 aliphatic heterocycles. The molecule has 0 unspecified atom stereocenters. The molecule has 19 heavy (non-hydrogen) atoms. The molecule has 0 aliphatic carbocycles. The van der Waals surface area contributed by atoms with E-state index in [0.29, 0.717) is 6.61 Å². The van der Waals surface area contributed by atoms with E-state index in [0.717, 1.165) is 42.3 Å². The van der Waals surface area contributed by atoms with Gasteiger partial charge in [-0.15, -0.1) is 0 Å². The lowest BCUT2D eigenvalue weighted by atomic mass is 10.2. The maximum Gasteiger partial charge on any atom is 0.152 e. The van der Waals surface area contributed by atoms with Gasteiger partial charge in [-0.05, 0) is 32.0 Å². The molecule has 0 spiro atoms. The first-order valence-electron chi connectivity index (χ1n) is 6.33. The van der Waals surface area contributed by atoms with Crippen LogP contribution < -0.4 is 5.32 Å². The molecule has 0 saturated heterocycles. The quantitative estimate of drug-likeness (QED) is 0.566. The average Bonchev–Trinajstić information content (AvgIpc) is 3.02. The first-order chi connectivity index (χ1) is 9.31. The van der Waals surface area contributed by atoms with Crippen molar-refractivity contribution in [3.8, 4) is 11.5 Å². The van der Waals surface area contributed by atoms with Crippen LogP contribution in [0, 0.1) is 6.92 Å². The van der Waals surface area contributed by atoms with Gasteiger partial charge in [0, 0.05) is 12.1 Å². The number of rotatable bonds is 8. The number of hydrogen-bond donors (Lipinski definition) is 2. The van der Waals surface area contributed by atoms with Gasteiger partial charge in [-0.2, -0.15) is 5.10 Å². The van der Waals surface area contributed by atoms with Gasteiger partial charge in [0.1, 0.15) is 11.5 Å². The average molecular weight is 261 g/mol. The van der Waals surface area contributed by atoms with Crippen molar-refractivity contribution in [2.24, 2.45) is 0 Å². The fourth-order valence-electron chi connectivity index (χ4n) is 1.81. The molecule has 102 valence electrons. The van der Waals surface area contributed by atoms with E-state index < -0.39 is 0 Å². The number of aromatic amines is 1. The summed E-state index contributed by atoms with van der Waals surface area (Å²) in [4.78, 5) is 0. The Morgan fingerprint density at radius 2 is 2.42 bits per heavy atom. The van der Waals surface area contributed by atoms with Gasteiger partial charge in [0.05, 0.1) is 19.1 Å². The van der Waals surface area contributed by atoms with Crippen LogP contribution in [0.5, 0.6) is 0 Å². The largest absolute Gasteiger partial charge is 0.502 e. The van der Waals surface area contributed by atoms with Crippen molar-refractivity contribution in [1.29, 1.82) is 0 Å². The molecule has 2 rings (SSSR count). The van der Waals surface area contributed by atoms with Crippen LogP contribution >= 0.6 is 0 Å². The third-order valence-electron chi connectivity index (χ3n) is 2.75. The summed E-state index contributed by atoms with van der Waals surface area (Å²) in [7, 11) is 0. The highest BCUT2D eigenvalue weighted by atomic mass is 16.5. The smallest absolute Gasteiger partial charge is 0.152 e. The van der Waals surface area contributed by atoms with Crippen molar-refractivity contribution < 1.29 is 9.15 Å². The van der Waals surface area contributed by atoms with E-state index in [1.807, 2.05) is 25.3 Å². The van der Waals surface area contributed by atoms with Crippen molar-refractivity contribution >= 4 is 0 Å². The molecule has 0 atom stereocenters. The van der Waals surface area contributed by atoms with Crippen molar-refractivity contribution in [3.63, 3.8) is 0 Å². The van der Waals surface area contributed by atoms with Crippen molar-refractivity contribution in [2.45, 2.75) is 19.9 Å². The summed E-state index contributed by atoms with van der Waals surface area (Å²) in [5, 5.41) is 10.4. The molecule has 2 heterocycles. The number of aryl methyl sites for hydroxylation is 1. The van der Waals surface area contributed by atoms with Crippen LogP contribution in [0.15, 0.2) is 35.6 Å². The Hall–Kier alpha value is -2.01. The van der Waals surface area contributed by atoms with Gasteiger partial charge in [0.15, 0.2) is 5.76 Å². The fraction of sp³-hybridized carbons (Fsp3) is 0.357. The SMILES string of the molecule is C=COCCCNCc1cn[nH]c1-c1ccc(C)o1. The molecule has 0 aromatic carbocycles. The maximum atomic E-state index is 5.60. The predicted molar refractivity (Wildman–Crippen MR) is 73.5 cm³/mol. The van der Waals surface area contributed by atoms with Crippen LogP contribution in [0.1, 0.15) is 17.7 Å². The molecule has 0 amide bonds. The molecule has 2 aromatic heterocycles. The topological polar surface area (TPSA) is 63.1 Å². The fourth-order valence-corrected chi connectivity index (χ4v) is 1.81. The van der Waals surface area contributed by atoms with Crippen LogP contribution in [0.4, 0.5) is 0 Å². The number of aromatic nitrogens is 2. The zero-order chi connectivity index (χ0) is 13.5. The van der Waals surface area contributed by atoms with E-state index in [4.69, 9.17) is 9.15 Å². The Morgan fingerprint density at radius 1 is 1.53 bits per heavy atom. The number of nitrogens with zero attached hydrogens (tertiary/aromatic N) is 1. The Labute approximate surface area is 112 Å². The molecule has 2 aromatic rings. The highest BCUT2D eigenvalue weighted by Crippen LogP contribution is 2.23. The van der Waals surface area contributed by atoms with E-state index in [-0.39, 0.29) is 0 Å². The minimum absolute atomic E-state index is 0.687. The molecule has 5 nitrogen and oxygen atoms in total. The van der Waals surface area contributed by atoms with E-state index in [9.17, 15) is 0 Å². The van der Waals surface area contributed by atoms with E-state index in [1.165, 1.54) is 6.26 Å². The van der Waals surface area contributed by atoms with E-state index in [1.54, 1.807) is 0 Å². The van der Waals surface area contributed by atoms with Crippen LogP contribution in [-0.2, 0) is 11.3 Å². The van der Waals surface area contributed by atoms with Gasteiger partial charge in [-0.25, -0.2) is 0 Å². The maximum absolute atomic E-state index is 5.60. The summed E-state index contributed by atoms with van der Waals surface area (Å²) in [5.41, 5.74) is 2.03. The second-order valence-electron chi connectivity index (χ2n) is 4.25. The molecule has 0 bridgehead atoms. The molecular formula is C14H19N3O2. The molecule has 0 radical (unpaired) electrons. The molecule has 0 saturated carbocycles. The molecule has 0 fully saturated rings. The Morgan fingerprint density at radius 3 is 3.16 bits per heavy atom. The van der Waals surface area contributed by atoms with Gasteiger partial charge in [0.25, 0.3) is 0 Å². The molecule has 2 N–H and O–H groups in total. The zero-order valence-electron chi connectivity index (χ0n) is 11.1. The van der Waals surface area contributed by atoms with Crippen LogP contribution in [0.3, 0.4) is 0 Å². The summed E-state index contributed by atoms with van der Waals surface area (Å²) >= 11 is 0. The third-order valence-corrected chi connectivity index (χ3v) is 2.75. The highest BCUT2D eigenvalue weighted by Gasteiger charge is 2.10. The standard InChI is InChI=1S/C14H19N3O2/c1-3-18-8-4-7-15-9-12-10-16-17-14(12)13-6-5-11(2)19-13/h3,5-6,10,15H,1,4,7-9H2,2H3,(H,16,17). The second-order valence-corrected chi connectivity index (χ2v) is 4.25.